The molecule has 100 valence electrons. The molecule has 6 heteroatoms. The zero-order valence-corrected chi connectivity index (χ0v) is 11.8. The summed E-state index contributed by atoms with van der Waals surface area (Å²) in [5.41, 5.74) is 1.53. The lowest BCUT2D eigenvalue weighted by Crippen LogP contribution is -2.17. The summed E-state index contributed by atoms with van der Waals surface area (Å²) < 4.78 is 5.11. The smallest absolute Gasteiger partial charge is 0.213 e. The Kier molecular flexibility index (Phi) is 4.16. The fraction of sp³-hybridized carbons (Fsp3) is 0.308. The molecule has 0 saturated carbocycles. The van der Waals surface area contributed by atoms with Gasteiger partial charge in [0.25, 0.3) is 0 Å². The molecule has 0 aromatic carbocycles. The summed E-state index contributed by atoms with van der Waals surface area (Å²) in [6, 6.07) is 3.66. The molecule has 2 rings (SSSR count). The van der Waals surface area contributed by atoms with E-state index in [-0.39, 0.29) is 0 Å². The van der Waals surface area contributed by atoms with E-state index >= 15 is 0 Å². The largest absolute Gasteiger partial charge is 0.481 e. The van der Waals surface area contributed by atoms with Crippen LogP contribution in [0.5, 0.6) is 5.88 Å². The Morgan fingerprint density at radius 1 is 1.26 bits per heavy atom. The SMILES string of the molecule is CCN(C)c1cc(-c2cc(OC)ncc2Cl)ncn1. The maximum absolute atomic E-state index is 6.16. The molecule has 0 saturated heterocycles. The van der Waals surface area contributed by atoms with E-state index in [9.17, 15) is 0 Å². The second kappa shape index (κ2) is 5.84. The maximum atomic E-state index is 6.16. The van der Waals surface area contributed by atoms with E-state index in [2.05, 4.69) is 21.9 Å². The van der Waals surface area contributed by atoms with Gasteiger partial charge in [0.1, 0.15) is 12.1 Å². The lowest BCUT2D eigenvalue weighted by Gasteiger charge is -2.16. The molecule has 0 fully saturated rings. The van der Waals surface area contributed by atoms with E-state index < -0.39 is 0 Å². The molecule has 2 aromatic heterocycles. The number of hydrogen-bond donors (Lipinski definition) is 0. The Hall–Kier alpha value is -1.88. The standard InChI is InChI=1S/C13H15ClN4O/c1-4-18(2)12-6-11(16-8-17-12)9-5-13(19-3)15-7-10(9)14/h5-8H,4H2,1-3H3. The van der Waals surface area contributed by atoms with Crippen molar-refractivity contribution < 1.29 is 4.74 Å². The van der Waals surface area contributed by atoms with Crippen molar-refractivity contribution >= 4 is 17.4 Å². The number of aromatic nitrogens is 3. The van der Waals surface area contributed by atoms with Crippen LogP contribution in [0.15, 0.2) is 24.7 Å². The molecule has 0 aliphatic heterocycles. The predicted octanol–water partition coefficient (Wildman–Crippen LogP) is 2.66. The second-order valence-corrected chi connectivity index (χ2v) is 4.39. The molecule has 0 amide bonds. The van der Waals surface area contributed by atoms with Gasteiger partial charge in [0.05, 0.1) is 24.0 Å². The molecule has 0 spiro atoms. The van der Waals surface area contributed by atoms with Crippen molar-refractivity contribution in [2.45, 2.75) is 6.92 Å². The van der Waals surface area contributed by atoms with Crippen LogP contribution in [0.4, 0.5) is 5.82 Å². The quantitative estimate of drug-likeness (QED) is 0.860. The van der Waals surface area contributed by atoms with Gasteiger partial charge in [0.2, 0.25) is 5.88 Å². The molecule has 0 atom stereocenters. The first-order valence-corrected chi connectivity index (χ1v) is 6.26. The van der Waals surface area contributed by atoms with Crippen LogP contribution >= 0.6 is 11.6 Å². The highest BCUT2D eigenvalue weighted by atomic mass is 35.5. The predicted molar refractivity (Wildman–Crippen MR) is 75.8 cm³/mol. The third-order valence-corrected chi connectivity index (χ3v) is 3.13. The number of methoxy groups -OCH3 is 1. The summed E-state index contributed by atoms with van der Waals surface area (Å²) in [5, 5.41) is 0.532. The molecule has 2 heterocycles. The van der Waals surface area contributed by atoms with Gasteiger partial charge in [-0.3, -0.25) is 0 Å². The minimum absolute atomic E-state index is 0.503. The van der Waals surface area contributed by atoms with E-state index in [1.807, 2.05) is 18.0 Å². The van der Waals surface area contributed by atoms with Crippen LogP contribution in [-0.2, 0) is 0 Å². The molecule has 2 aromatic rings. The first-order chi connectivity index (χ1) is 9.15. The number of hydrogen-bond acceptors (Lipinski definition) is 5. The van der Waals surface area contributed by atoms with Crippen LogP contribution in [0, 0.1) is 0 Å². The Balaban J connectivity index is 2.46. The fourth-order valence-electron chi connectivity index (χ4n) is 1.59. The number of anilines is 1. The molecule has 5 nitrogen and oxygen atoms in total. The van der Waals surface area contributed by atoms with Gasteiger partial charge in [-0.15, -0.1) is 0 Å². The minimum atomic E-state index is 0.503. The summed E-state index contributed by atoms with van der Waals surface area (Å²) in [5.74, 6) is 1.35. The third-order valence-electron chi connectivity index (χ3n) is 2.83. The van der Waals surface area contributed by atoms with E-state index in [1.54, 1.807) is 19.4 Å². The summed E-state index contributed by atoms with van der Waals surface area (Å²) in [4.78, 5) is 14.6. The van der Waals surface area contributed by atoms with Gasteiger partial charge in [-0.25, -0.2) is 15.0 Å². The van der Waals surface area contributed by atoms with Crippen LogP contribution in [-0.4, -0.2) is 35.7 Å². The number of nitrogens with zero attached hydrogens (tertiary/aromatic N) is 4. The molecule has 0 aliphatic rings. The lowest BCUT2D eigenvalue weighted by molar-refractivity contribution is 0.398. The van der Waals surface area contributed by atoms with Crippen molar-refractivity contribution in [2.24, 2.45) is 0 Å². The van der Waals surface area contributed by atoms with Crippen LogP contribution in [0.3, 0.4) is 0 Å². The van der Waals surface area contributed by atoms with Crippen molar-refractivity contribution in [2.75, 3.05) is 25.6 Å². The van der Waals surface area contributed by atoms with Gasteiger partial charge < -0.3 is 9.64 Å². The Morgan fingerprint density at radius 3 is 2.74 bits per heavy atom. The molecule has 0 aliphatic carbocycles. The number of ether oxygens (including phenoxy) is 1. The van der Waals surface area contributed by atoms with Gasteiger partial charge in [0.15, 0.2) is 0 Å². The van der Waals surface area contributed by atoms with E-state index in [0.717, 1.165) is 23.6 Å². The van der Waals surface area contributed by atoms with Crippen LogP contribution in [0.2, 0.25) is 5.02 Å². The first-order valence-electron chi connectivity index (χ1n) is 5.88. The van der Waals surface area contributed by atoms with Gasteiger partial charge >= 0.3 is 0 Å². The van der Waals surface area contributed by atoms with Crippen molar-refractivity contribution in [1.82, 2.24) is 15.0 Å². The highest BCUT2D eigenvalue weighted by molar-refractivity contribution is 6.33. The molecular formula is C13H15ClN4O. The zero-order valence-electron chi connectivity index (χ0n) is 11.1. The van der Waals surface area contributed by atoms with Gasteiger partial charge in [-0.1, -0.05) is 11.6 Å². The van der Waals surface area contributed by atoms with Crippen LogP contribution < -0.4 is 9.64 Å². The Bertz CT molecular complexity index is 576. The maximum Gasteiger partial charge on any atom is 0.213 e. The van der Waals surface area contributed by atoms with Gasteiger partial charge in [-0.05, 0) is 6.92 Å². The van der Waals surface area contributed by atoms with Crippen LogP contribution in [0.1, 0.15) is 6.92 Å². The second-order valence-electron chi connectivity index (χ2n) is 3.98. The monoisotopic (exact) mass is 278 g/mol. The number of pyridine rings is 1. The summed E-state index contributed by atoms with van der Waals surface area (Å²) in [7, 11) is 3.54. The first kappa shape index (κ1) is 13.5. The van der Waals surface area contributed by atoms with Gasteiger partial charge in [-0.2, -0.15) is 0 Å². The van der Waals surface area contributed by atoms with Crippen molar-refractivity contribution in [3.8, 4) is 17.1 Å². The normalized spacial score (nSPS) is 10.3. The van der Waals surface area contributed by atoms with E-state index in [1.165, 1.54) is 6.33 Å². The van der Waals surface area contributed by atoms with Crippen molar-refractivity contribution in [1.29, 1.82) is 0 Å². The molecule has 19 heavy (non-hydrogen) atoms. The Labute approximate surface area is 117 Å². The minimum Gasteiger partial charge on any atom is -0.481 e. The highest BCUT2D eigenvalue weighted by Crippen LogP contribution is 2.29. The molecule has 0 radical (unpaired) electrons. The van der Waals surface area contributed by atoms with E-state index in [0.29, 0.717) is 10.9 Å². The highest BCUT2D eigenvalue weighted by Gasteiger charge is 2.10. The molecule has 0 bridgehead atoms. The van der Waals surface area contributed by atoms with Crippen LogP contribution in [0.25, 0.3) is 11.3 Å². The van der Waals surface area contributed by atoms with Crippen molar-refractivity contribution in [3.63, 3.8) is 0 Å². The molecule has 0 unspecified atom stereocenters. The Morgan fingerprint density at radius 2 is 2.05 bits per heavy atom. The fourth-order valence-corrected chi connectivity index (χ4v) is 1.79. The third kappa shape index (κ3) is 2.93. The summed E-state index contributed by atoms with van der Waals surface area (Å²) in [6.45, 7) is 2.92. The summed E-state index contributed by atoms with van der Waals surface area (Å²) >= 11 is 6.16. The average Bonchev–Trinajstić information content (AvgIpc) is 2.47. The van der Waals surface area contributed by atoms with Crippen molar-refractivity contribution in [3.05, 3.63) is 29.7 Å². The van der Waals surface area contributed by atoms with E-state index in [4.69, 9.17) is 16.3 Å². The number of rotatable bonds is 4. The summed E-state index contributed by atoms with van der Waals surface area (Å²) in [6.07, 6.45) is 3.08. The number of halogens is 1. The topological polar surface area (TPSA) is 51.1 Å². The lowest BCUT2D eigenvalue weighted by atomic mass is 10.2. The zero-order chi connectivity index (χ0) is 13.8. The van der Waals surface area contributed by atoms with Gasteiger partial charge in [0, 0.05) is 31.3 Å². The average molecular weight is 279 g/mol. The molecule has 0 N–H and O–H groups in total. The molecular weight excluding hydrogens is 264 g/mol.